The smallest absolute Gasteiger partial charge is 0.328 e. The van der Waals surface area contributed by atoms with Crippen molar-refractivity contribution in [2.75, 3.05) is 13.7 Å². The minimum atomic E-state index is -0.951. The molecule has 0 aromatic heterocycles. The number of ether oxygens (including phenoxy) is 2. The van der Waals surface area contributed by atoms with Crippen LogP contribution < -0.4 is 4.74 Å². The van der Waals surface area contributed by atoms with Gasteiger partial charge in [-0.25, -0.2) is 4.79 Å². The van der Waals surface area contributed by atoms with Crippen LogP contribution in [0.3, 0.4) is 0 Å². The number of benzene rings is 1. The molecule has 0 spiro atoms. The van der Waals surface area contributed by atoms with E-state index in [0.717, 1.165) is 34.9 Å². The summed E-state index contributed by atoms with van der Waals surface area (Å²) in [6, 6.07) is 3.84. The van der Waals surface area contributed by atoms with E-state index in [1.54, 1.807) is 13.2 Å². The minimum absolute atomic E-state index is 0.202. The van der Waals surface area contributed by atoms with Gasteiger partial charge in [0.2, 0.25) is 0 Å². The third-order valence-electron chi connectivity index (χ3n) is 3.40. The molecule has 4 nitrogen and oxygen atoms in total. The first kappa shape index (κ1) is 17.2. The highest BCUT2D eigenvalue weighted by molar-refractivity contribution is 5.85. The Balaban J connectivity index is 2.79. The summed E-state index contributed by atoms with van der Waals surface area (Å²) in [4.78, 5) is 10.5. The van der Waals surface area contributed by atoms with E-state index >= 15 is 0 Å². The lowest BCUT2D eigenvalue weighted by atomic mass is 10.0. The van der Waals surface area contributed by atoms with Gasteiger partial charge >= 0.3 is 5.97 Å². The molecular weight excluding hydrogens is 268 g/mol. The van der Waals surface area contributed by atoms with Crippen molar-refractivity contribution < 1.29 is 19.4 Å². The summed E-state index contributed by atoms with van der Waals surface area (Å²) in [6.07, 6.45) is 3.51. The first-order chi connectivity index (χ1) is 9.75. The number of hydrogen-bond acceptors (Lipinski definition) is 3. The van der Waals surface area contributed by atoms with Crippen molar-refractivity contribution in [3.8, 4) is 5.75 Å². The molecule has 4 heteroatoms. The number of carboxylic acids is 1. The Kier molecular flexibility index (Phi) is 5.97. The predicted molar refractivity (Wildman–Crippen MR) is 83.8 cm³/mol. The summed E-state index contributed by atoms with van der Waals surface area (Å²) < 4.78 is 11.2. The Morgan fingerprint density at radius 1 is 1.29 bits per heavy atom. The number of hydrogen-bond donors (Lipinski definition) is 1. The molecule has 0 atom stereocenters. The van der Waals surface area contributed by atoms with Gasteiger partial charge < -0.3 is 14.6 Å². The number of aryl methyl sites for hydroxylation is 2. The monoisotopic (exact) mass is 292 g/mol. The third kappa shape index (κ3) is 5.60. The fourth-order valence-electron chi connectivity index (χ4n) is 1.98. The van der Waals surface area contributed by atoms with Gasteiger partial charge in [0, 0.05) is 19.6 Å². The van der Waals surface area contributed by atoms with Crippen LogP contribution in [0.4, 0.5) is 0 Å². The van der Waals surface area contributed by atoms with E-state index < -0.39 is 5.97 Å². The van der Waals surface area contributed by atoms with Crippen LogP contribution in [0.2, 0.25) is 0 Å². The van der Waals surface area contributed by atoms with Crippen LogP contribution >= 0.6 is 0 Å². The predicted octanol–water partition coefficient (Wildman–Crippen LogP) is 3.60. The van der Waals surface area contributed by atoms with E-state index in [2.05, 4.69) is 0 Å². The molecule has 0 aliphatic carbocycles. The Labute approximate surface area is 126 Å². The van der Waals surface area contributed by atoms with Crippen molar-refractivity contribution in [1.29, 1.82) is 0 Å². The number of methoxy groups -OCH3 is 1. The van der Waals surface area contributed by atoms with E-state index in [1.807, 2.05) is 39.8 Å². The van der Waals surface area contributed by atoms with Gasteiger partial charge in [-0.05, 0) is 62.6 Å². The Morgan fingerprint density at radius 3 is 2.33 bits per heavy atom. The van der Waals surface area contributed by atoms with Crippen molar-refractivity contribution in [3.63, 3.8) is 0 Å². The van der Waals surface area contributed by atoms with Gasteiger partial charge in [-0.3, -0.25) is 0 Å². The SMILES string of the molecule is COC(C)(C)CCOc1c(C)cc(/C=C/C(=O)O)cc1C. The first-order valence-electron chi connectivity index (χ1n) is 6.95. The second-order valence-electron chi connectivity index (χ2n) is 5.72. The summed E-state index contributed by atoms with van der Waals surface area (Å²) in [5.74, 6) is -0.0955. The molecule has 1 aromatic rings. The summed E-state index contributed by atoms with van der Waals surface area (Å²) in [5.41, 5.74) is 2.65. The van der Waals surface area contributed by atoms with Crippen molar-refractivity contribution in [1.82, 2.24) is 0 Å². The quantitative estimate of drug-likeness (QED) is 0.780. The third-order valence-corrected chi connectivity index (χ3v) is 3.40. The highest BCUT2D eigenvalue weighted by atomic mass is 16.5. The van der Waals surface area contributed by atoms with E-state index in [9.17, 15) is 4.79 Å². The van der Waals surface area contributed by atoms with Crippen molar-refractivity contribution in [3.05, 3.63) is 34.9 Å². The van der Waals surface area contributed by atoms with Crippen LogP contribution in [-0.2, 0) is 9.53 Å². The molecule has 0 saturated carbocycles. The molecule has 116 valence electrons. The molecule has 0 amide bonds. The molecule has 1 aromatic carbocycles. The summed E-state index contributed by atoms with van der Waals surface area (Å²) in [5, 5.41) is 8.66. The lowest BCUT2D eigenvalue weighted by Gasteiger charge is -2.23. The van der Waals surface area contributed by atoms with E-state index in [1.165, 1.54) is 0 Å². The standard InChI is InChI=1S/C17H24O4/c1-12-10-14(6-7-15(18)19)11-13(2)16(12)21-9-8-17(3,4)20-5/h6-7,10-11H,8-9H2,1-5H3,(H,18,19)/b7-6+. The van der Waals surface area contributed by atoms with Crippen molar-refractivity contribution in [2.24, 2.45) is 0 Å². The van der Waals surface area contributed by atoms with Crippen molar-refractivity contribution in [2.45, 2.75) is 39.7 Å². The molecule has 0 bridgehead atoms. The minimum Gasteiger partial charge on any atom is -0.493 e. The van der Waals surface area contributed by atoms with E-state index in [0.29, 0.717) is 6.61 Å². The lowest BCUT2D eigenvalue weighted by Crippen LogP contribution is -2.25. The highest BCUT2D eigenvalue weighted by Gasteiger charge is 2.16. The highest BCUT2D eigenvalue weighted by Crippen LogP contribution is 2.26. The maximum atomic E-state index is 10.5. The average Bonchev–Trinajstić information content (AvgIpc) is 2.39. The van der Waals surface area contributed by atoms with Gasteiger partial charge in [0.05, 0.1) is 12.2 Å². The molecule has 1 N–H and O–H groups in total. The second-order valence-corrected chi connectivity index (χ2v) is 5.72. The van der Waals surface area contributed by atoms with Gasteiger partial charge in [-0.2, -0.15) is 0 Å². The molecule has 0 aliphatic heterocycles. The van der Waals surface area contributed by atoms with Crippen LogP contribution in [-0.4, -0.2) is 30.4 Å². The first-order valence-corrected chi connectivity index (χ1v) is 6.95. The topological polar surface area (TPSA) is 55.8 Å². The average molecular weight is 292 g/mol. The van der Waals surface area contributed by atoms with Crippen LogP contribution in [0, 0.1) is 13.8 Å². The zero-order valence-corrected chi connectivity index (χ0v) is 13.4. The number of aliphatic carboxylic acids is 1. The molecule has 0 aliphatic rings. The molecule has 0 heterocycles. The van der Waals surface area contributed by atoms with Crippen molar-refractivity contribution >= 4 is 12.0 Å². The lowest BCUT2D eigenvalue weighted by molar-refractivity contribution is -0.131. The van der Waals surface area contributed by atoms with Crippen LogP contribution in [0.15, 0.2) is 18.2 Å². The molecule has 1 rings (SSSR count). The number of rotatable bonds is 7. The van der Waals surface area contributed by atoms with Crippen LogP contribution in [0.25, 0.3) is 6.08 Å². The largest absolute Gasteiger partial charge is 0.493 e. The molecular formula is C17H24O4. The van der Waals surface area contributed by atoms with Crippen LogP contribution in [0.1, 0.15) is 37.0 Å². The maximum absolute atomic E-state index is 10.5. The molecule has 0 radical (unpaired) electrons. The Morgan fingerprint density at radius 2 is 1.86 bits per heavy atom. The molecule has 0 unspecified atom stereocenters. The summed E-state index contributed by atoms with van der Waals surface area (Å²) in [6.45, 7) is 8.54. The van der Waals surface area contributed by atoms with Gasteiger partial charge in [-0.1, -0.05) is 0 Å². The molecule has 0 fully saturated rings. The van der Waals surface area contributed by atoms with E-state index in [4.69, 9.17) is 14.6 Å². The summed E-state index contributed by atoms with van der Waals surface area (Å²) in [7, 11) is 1.69. The fraction of sp³-hybridized carbons (Fsp3) is 0.471. The zero-order valence-electron chi connectivity index (χ0n) is 13.4. The van der Waals surface area contributed by atoms with Crippen LogP contribution in [0.5, 0.6) is 5.75 Å². The van der Waals surface area contributed by atoms with Gasteiger partial charge in [-0.15, -0.1) is 0 Å². The fourth-order valence-corrected chi connectivity index (χ4v) is 1.98. The van der Waals surface area contributed by atoms with Gasteiger partial charge in [0.1, 0.15) is 5.75 Å². The Hall–Kier alpha value is -1.81. The van der Waals surface area contributed by atoms with Gasteiger partial charge in [0.15, 0.2) is 0 Å². The summed E-state index contributed by atoms with van der Waals surface area (Å²) >= 11 is 0. The zero-order chi connectivity index (χ0) is 16.0. The Bertz CT molecular complexity index is 507. The van der Waals surface area contributed by atoms with E-state index in [-0.39, 0.29) is 5.60 Å². The maximum Gasteiger partial charge on any atom is 0.328 e. The molecule has 21 heavy (non-hydrogen) atoms. The normalized spacial score (nSPS) is 11.9. The number of carbonyl (C=O) groups is 1. The van der Waals surface area contributed by atoms with Gasteiger partial charge in [0.25, 0.3) is 0 Å². The molecule has 0 saturated heterocycles. The number of carboxylic acid groups (broad SMARTS) is 1. The second kappa shape index (κ2) is 7.27.